The fourth-order valence-electron chi connectivity index (χ4n) is 2.54. The fourth-order valence-corrected chi connectivity index (χ4v) is 2.54. The van der Waals surface area contributed by atoms with Crippen LogP contribution >= 0.6 is 0 Å². The minimum atomic E-state index is -0.763. The van der Waals surface area contributed by atoms with Crippen LogP contribution in [0.1, 0.15) is 30.9 Å². The zero-order valence-electron chi connectivity index (χ0n) is 11.4. The van der Waals surface area contributed by atoms with Gasteiger partial charge < -0.3 is 10.4 Å². The van der Waals surface area contributed by atoms with Gasteiger partial charge in [-0.15, -0.1) is 0 Å². The number of nitrogens with one attached hydrogen (secondary N) is 1. The van der Waals surface area contributed by atoms with Crippen molar-refractivity contribution < 1.29 is 14.7 Å². The molecule has 1 amide bonds. The lowest BCUT2D eigenvalue weighted by molar-refractivity contribution is -0.137. The average molecular weight is 276 g/mol. The molecule has 1 saturated heterocycles. The summed E-state index contributed by atoms with van der Waals surface area (Å²) in [4.78, 5) is 24.7. The lowest BCUT2D eigenvalue weighted by atomic mass is 10.0. The van der Waals surface area contributed by atoms with Gasteiger partial charge >= 0.3 is 5.97 Å². The zero-order chi connectivity index (χ0) is 14.4. The first-order chi connectivity index (χ1) is 9.68. The Bertz CT molecular complexity index is 461. The molecule has 0 aliphatic carbocycles. The van der Waals surface area contributed by atoms with E-state index in [0.29, 0.717) is 13.0 Å². The minimum absolute atomic E-state index is 0.0284. The fraction of sp³-hybridized carbons (Fsp3) is 0.467. The average Bonchev–Trinajstić information content (AvgIpc) is 2.44. The van der Waals surface area contributed by atoms with Crippen LogP contribution in [0.2, 0.25) is 0 Å². The number of carboxylic acids is 1. The van der Waals surface area contributed by atoms with Crippen LogP contribution in [0.4, 0.5) is 0 Å². The van der Waals surface area contributed by atoms with E-state index in [2.05, 4.69) is 10.2 Å². The Morgan fingerprint density at radius 1 is 1.30 bits per heavy atom. The molecule has 1 heterocycles. The number of aliphatic carboxylic acids is 1. The molecule has 1 aliphatic heterocycles. The Balaban J connectivity index is 1.98. The van der Waals surface area contributed by atoms with Crippen molar-refractivity contribution in [3.63, 3.8) is 0 Å². The van der Waals surface area contributed by atoms with E-state index in [0.717, 1.165) is 25.1 Å². The highest BCUT2D eigenvalue weighted by Gasteiger charge is 2.30. The number of carbonyl (C=O) groups excluding carboxylic acids is 1. The normalized spacial score (nSPS) is 19.6. The van der Waals surface area contributed by atoms with Crippen LogP contribution in [-0.4, -0.2) is 41.5 Å². The van der Waals surface area contributed by atoms with Gasteiger partial charge in [0, 0.05) is 19.5 Å². The summed E-state index contributed by atoms with van der Waals surface area (Å²) in [5, 5.41) is 11.5. The number of amides is 1. The molecule has 0 saturated carbocycles. The van der Waals surface area contributed by atoms with E-state index in [-0.39, 0.29) is 18.4 Å². The molecule has 1 fully saturated rings. The second-order valence-electron chi connectivity index (χ2n) is 4.99. The maximum Gasteiger partial charge on any atom is 0.303 e. The molecule has 1 unspecified atom stereocenters. The highest BCUT2D eigenvalue weighted by Crippen LogP contribution is 2.23. The molecule has 1 aliphatic rings. The summed E-state index contributed by atoms with van der Waals surface area (Å²) in [5.41, 5.74) is 0.989. The summed E-state index contributed by atoms with van der Waals surface area (Å²) in [6, 6.07) is 9.45. The Hall–Kier alpha value is -1.88. The summed E-state index contributed by atoms with van der Waals surface area (Å²) >= 11 is 0. The second kappa shape index (κ2) is 7.05. The van der Waals surface area contributed by atoms with Gasteiger partial charge in [0.15, 0.2) is 0 Å². The Labute approximate surface area is 118 Å². The molecule has 20 heavy (non-hydrogen) atoms. The predicted molar refractivity (Wildman–Crippen MR) is 75.3 cm³/mol. The molecule has 2 rings (SSSR count). The largest absolute Gasteiger partial charge is 0.481 e. The highest BCUT2D eigenvalue weighted by atomic mass is 16.4. The highest BCUT2D eigenvalue weighted by molar-refractivity contribution is 5.83. The first-order valence-corrected chi connectivity index (χ1v) is 6.97. The van der Waals surface area contributed by atoms with Crippen molar-refractivity contribution in [3.05, 3.63) is 35.9 Å². The number of piperazine rings is 1. The Morgan fingerprint density at radius 2 is 2.05 bits per heavy atom. The van der Waals surface area contributed by atoms with Crippen molar-refractivity contribution in [1.29, 1.82) is 0 Å². The number of hydrogen-bond acceptors (Lipinski definition) is 3. The van der Waals surface area contributed by atoms with Crippen LogP contribution in [0.5, 0.6) is 0 Å². The first kappa shape index (κ1) is 14.5. The number of carbonyl (C=O) groups is 2. The van der Waals surface area contributed by atoms with Crippen LogP contribution in [-0.2, 0) is 9.59 Å². The molecule has 5 heteroatoms. The summed E-state index contributed by atoms with van der Waals surface area (Å²) in [5.74, 6) is -0.735. The van der Waals surface area contributed by atoms with Gasteiger partial charge in [0.2, 0.25) is 5.91 Å². The van der Waals surface area contributed by atoms with Crippen molar-refractivity contribution in [2.24, 2.45) is 0 Å². The van der Waals surface area contributed by atoms with Crippen molar-refractivity contribution in [1.82, 2.24) is 10.2 Å². The molecule has 0 radical (unpaired) electrons. The maximum absolute atomic E-state index is 12.1. The van der Waals surface area contributed by atoms with E-state index in [1.165, 1.54) is 0 Å². The Kier molecular flexibility index (Phi) is 5.12. The number of carboxylic acid groups (broad SMARTS) is 1. The summed E-state index contributed by atoms with van der Waals surface area (Å²) < 4.78 is 0. The molecule has 1 aromatic rings. The van der Waals surface area contributed by atoms with Gasteiger partial charge in [-0.25, -0.2) is 0 Å². The third kappa shape index (κ3) is 3.81. The van der Waals surface area contributed by atoms with Crippen molar-refractivity contribution in [2.75, 3.05) is 19.6 Å². The van der Waals surface area contributed by atoms with Gasteiger partial charge in [0.1, 0.15) is 6.04 Å². The van der Waals surface area contributed by atoms with E-state index in [9.17, 15) is 9.59 Å². The number of nitrogens with zero attached hydrogens (tertiary/aromatic N) is 1. The minimum Gasteiger partial charge on any atom is -0.481 e. The van der Waals surface area contributed by atoms with Crippen LogP contribution in [0.25, 0.3) is 0 Å². The van der Waals surface area contributed by atoms with Crippen LogP contribution in [0, 0.1) is 0 Å². The topological polar surface area (TPSA) is 69.6 Å². The molecular weight excluding hydrogens is 256 g/mol. The van der Waals surface area contributed by atoms with Gasteiger partial charge in [-0.1, -0.05) is 30.3 Å². The van der Waals surface area contributed by atoms with Gasteiger partial charge in [0.25, 0.3) is 0 Å². The third-order valence-electron chi connectivity index (χ3n) is 3.51. The Morgan fingerprint density at radius 3 is 2.75 bits per heavy atom. The van der Waals surface area contributed by atoms with Crippen LogP contribution in [0.15, 0.2) is 30.3 Å². The molecule has 1 aromatic carbocycles. The molecule has 0 bridgehead atoms. The zero-order valence-corrected chi connectivity index (χ0v) is 11.4. The van der Waals surface area contributed by atoms with Gasteiger partial charge in [-0.2, -0.15) is 0 Å². The summed E-state index contributed by atoms with van der Waals surface area (Å²) in [7, 11) is 0. The van der Waals surface area contributed by atoms with E-state index in [1.807, 2.05) is 30.3 Å². The smallest absolute Gasteiger partial charge is 0.303 e. The van der Waals surface area contributed by atoms with Crippen molar-refractivity contribution in [3.8, 4) is 0 Å². The molecule has 0 spiro atoms. The van der Waals surface area contributed by atoms with Gasteiger partial charge in [0.05, 0.1) is 0 Å². The second-order valence-corrected chi connectivity index (χ2v) is 4.99. The van der Waals surface area contributed by atoms with Gasteiger partial charge in [-0.3, -0.25) is 14.5 Å². The lowest BCUT2D eigenvalue weighted by Gasteiger charge is -2.35. The van der Waals surface area contributed by atoms with Crippen LogP contribution in [0.3, 0.4) is 0 Å². The number of unbranched alkanes of at least 4 members (excludes halogenated alkanes) is 1. The molecule has 1 atom stereocenters. The molecular formula is C15H20N2O3. The first-order valence-electron chi connectivity index (χ1n) is 6.97. The van der Waals surface area contributed by atoms with E-state index < -0.39 is 5.97 Å². The quantitative estimate of drug-likeness (QED) is 0.771. The standard InChI is InChI=1S/C15H20N2O3/c18-13(19)8-4-5-10-17-11-9-16-15(20)14(17)12-6-2-1-3-7-12/h1-3,6-7,14H,4-5,8-11H2,(H,16,20)(H,18,19). The van der Waals surface area contributed by atoms with E-state index >= 15 is 0 Å². The van der Waals surface area contributed by atoms with Gasteiger partial charge in [-0.05, 0) is 24.9 Å². The van der Waals surface area contributed by atoms with Crippen molar-refractivity contribution in [2.45, 2.75) is 25.3 Å². The summed E-state index contributed by atoms with van der Waals surface area (Å²) in [6.45, 7) is 2.21. The SMILES string of the molecule is O=C(O)CCCCN1CCNC(=O)C1c1ccccc1. The van der Waals surface area contributed by atoms with Crippen molar-refractivity contribution >= 4 is 11.9 Å². The molecule has 5 nitrogen and oxygen atoms in total. The molecule has 2 N–H and O–H groups in total. The lowest BCUT2D eigenvalue weighted by Crippen LogP contribution is -2.50. The van der Waals surface area contributed by atoms with E-state index in [1.54, 1.807) is 0 Å². The van der Waals surface area contributed by atoms with Crippen LogP contribution < -0.4 is 5.32 Å². The van der Waals surface area contributed by atoms with E-state index in [4.69, 9.17) is 5.11 Å². The summed E-state index contributed by atoms with van der Waals surface area (Å²) in [6.07, 6.45) is 1.63. The molecule has 0 aromatic heterocycles. The number of rotatable bonds is 6. The third-order valence-corrected chi connectivity index (χ3v) is 3.51. The number of hydrogen-bond donors (Lipinski definition) is 2. The number of benzene rings is 1. The maximum atomic E-state index is 12.1. The molecule has 108 valence electrons. The monoisotopic (exact) mass is 276 g/mol. The predicted octanol–water partition coefficient (Wildman–Crippen LogP) is 1.41.